The van der Waals surface area contributed by atoms with Crippen molar-refractivity contribution in [2.75, 3.05) is 0 Å². The standard InChI is InChI=1S/C15H21N3OS/c1-11-7-5-6-8-12(11)9-10-13(19)17-18-14(20)16-15(2,3)4/h5-10H,1-4H3,(H,17,19)(H2,16,18,20)/b10-9+. The van der Waals surface area contributed by atoms with Crippen molar-refractivity contribution in [3.8, 4) is 0 Å². The van der Waals surface area contributed by atoms with Crippen LogP contribution in [0.4, 0.5) is 0 Å². The summed E-state index contributed by atoms with van der Waals surface area (Å²) in [4.78, 5) is 11.6. The Kier molecular flexibility index (Phi) is 5.70. The maximum Gasteiger partial charge on any atom is 0.262 e. The Hall–Kier alpha value is -1.88. The van der Waals surface area contributed by atoms with E-state index in [4.69, 9.17) is 12.2 Å². The van der Waals surface area contributed by atoms with Crippen LogP contribution in [0.15, 0.2) is 30.3 Å². The number of nitrogens with one attached hydrogen (secondary N) is 3. The lowest BCUT2D eigenvalue weighted by atomic mass is 10.1. The van der Waals surface area contributed by atoms with E-state index in [9.17, 15) is 4.79 Å². The number of amides is 1. The highest BCUT2D eigenvalue weighted by atomic mass is 32.1. The van der Waals surface area contributed by atoms with Crippen LogP contribution in [0.3, 0.4) is 0 Å². The number of aryl methyl sites for hydroxylation is 1. The summed E-state index contributed by atoms with van der Waals surface area (Å²) in [7, 11) is 0. The maximum absolute atomic E-state index is 11.6. The van der Waals surface area contributed by atoms with Gasteiger partial charge in [-0.25, -0.2) is 0 Å². The quantitative estimate of drug-likeness (QED) is 0.445. The Labute approximate surface area is 125 Å². The van der Waals surface area contributed by atoms with E-state index >= 15 is 0 Å². The molecule has 1 aromatic rings. The lowest BCUT2D eigenvalue weighted by molar-refractivity contribution is -0.117. The largest absolute Gasteiger partial charge is 0.357 e. The fourth-order valence-electron chi connectivity index (χ4n) is 1.47. The van der Waals surface area contributed by atoms with Crippen LogP contribution in [0.5, 0.6) is 0 Å². The van der Waals surface area contributed by atoms with E-state index in [2.05, 4.69) is 16.2 Å². The van der Waals surface area contributed by atoms with Crippen molar-refractivity contribution in [2.24, 2.45) is 0 Å². The average Bonchev–Trinajstić information content (AvgIpc) is 2.33. The van der Waals surface area contributed by atoms with E-state index in [1.54, 1.807) is 6.08 Å². The van der Waals surface area contributed by atoms with Gasteiger partial charge in [0.15, 0.2) is 5.11 Å². The van der Waals surface area contributed by atoms with E-state index in [0.29, 0.717) is 5.11 Å². The molecule has 1 aromatic carbocycles. The van der Waals surface area contributed by atoms with Gasteiger partial charge in [0.2, 0.25) is 0 Å². The molecule has 0 spiro atoms. The van der Waals surface area contributed by atoms with E-state index in [1.165, 1.54) is 6.08 Å². The zero-order valence-electron chi connectivity index (χ0n) is 12.3. The molecule has 0 heterocycles. The highest BCUT2D eigenvalue weighted by Gasteiger charge is 2.10. The molecule has 0 aromatic heterocycles. The van der Waals surface area contributed by atoms with E-state index in [-0.39, 0.29) is 11.4 Å². The molecule has 1 amide bonds. The highest BCUT2D eigenvalue weighted by molar-refractivity contribution is 7.80. The normalized spacial score (nSPS) is 11.2. The summed E-state index contributed by atoms with van der Waals surface area (Å²) in [5.74, 6) is -0.258. The first-order valence-corrected chi connectivity index (χ1v) is 6.80. The van der Waals surface area contributed by atoms with Crippen molar-refractivity contribution in [2.45, 2.75) is 33.2 Å². The van der Waals surface area contributed by atoms with Gasteiger partial charge in [-0.1, -0.05) is 24.3 Å². The maximum atomic E-state index is 11.6. The first-order valence-electron chi connectivity index (χ1n) is 6.40. The summed E-state index contributed by atoms with van der Waals surface area (Å²) < 4.78 is 0. The predicted octanol–water partition coefficient (Wildman–Crippen LogP) is 2.30. The van der Waals surface area contributed by atoms with Gasteiger partial charge in [0.25, 0.3) is 5.91 Å². The molecular weight excluding hydrogens is 270 g/mol. The number of hydrogen-bond acceptors (Lipinski definition) is 2. The molecule has 0 aliphatic heterocycles. The minimum absolute atomic E-state index is 0.147. The second-order valence-corrected chi connectivity index (χ2v) is 5.92. The van der Waals surface area contributed by atoms with Crippen LogP contribution in [0, 0.1) is 6.92 Å². The van der Waals surface area contributed by atoms with Crippen LogP contribution in [-0.2, 0) is 4.79 Å². The molecule has 108 valence electrons. The summed E-state index contributed by atoms with van der Waals surface area (Å²) in [5.41, 5.74) is 7.16. The summed E-state index contributed by atoms with van der Waals surface area (Å²) in [6, 6.07) is 7.85. The molecule has 3 N–H and O–H groups in total. The lowest BCUT2D eigenvalue weighted by Gasteiger charge is -2.22. The first-order chi connectivity index (χ1) is 9.28. The van der Waals surface area contributed by atoms with E-state index in [0.717, 1.165) is 11.1 Å². The third kappa shape index (κ3) is 6.33. The smallest absolute Gasteiger partial charge is 0.262 e. The number of hydrogen-bond donors (Lipinski definition) is 3. The van der Waals surface area contributed by atoms with Gasteiger partial charge < -0.3 is 5.32 Å². The molecule has 4 nitrogen and oxygen atoms in total. The fraction of sp³-hybridized carbons (Fsp3) is 0.333. The zero-order chi connectivity index (χ0) is 15.2. The van der Waals surface area contributed by atoms with Crippen molar-refractivity contribution >= 4 is 29.3 Å². The minimum Gasteiger partial charge on any atom is -0.357 e. The Balaban J connectivity index is 2.45. The Morgan fingerprint density at radius 3 is 2.45 bits per heavy atom. The van der Waals surface area contributed by atoms with Gasteiger partial charge in [-0.2, -0.15) is 0 Å². The molecule has 20 heavy (non-hydrogen) atoms. The Bertz CT molecular complexity index is 518. The second kappa shape index (κ2) is 7.05. The lowest BCUT2D eigenvalue weighted by Crippen LogP contribution is -2.51. The molecule has 0 saturated heterocycles. The van der Waals surface area contributed by atoms with Gasteiger partial charge in [-0.15, -0.1) is 0 Å². The first kappa shape index (κ1) is 16.2. The second-order valence-electron chi connectivity index (χ2n) is 5.51. The van der Waals surface area contributed by atoms with Gasteiger partial charge in [0, 0.05) is 11.6 Å². The summed E-state index contributed by atoms with van der Waals surface area (Å²) in [6.07, 6.45) is 3.24. The zero-order valence-corrected chi connectivity index (χ0v) is 13.1. The molecule has 0 bridgehead atoms. The average molecular weight is 291 g/mol. The molecule has 0 aliphatic rings. The monoisotopic (exact) mass is 291 g/mol. The molecule has 0 radical (unpaired) electrons. The van der Waals surface area contributed by atoms with Crippen LogP contribution in [0.1, 0.15) is 31.9 Å². The van der Waals surface area contributed by atoms with Gasteiger partial charge in [-0.3, -0.25) is 15.6 Å². The van der Waals surface area contributed by atoms with Crippen molar-refractivity contribution in [3.05, 3.63) is 41.5 Å². The Morgan fingerprint density at radius 2 is 1.85 bits per heavy atom. The highest BCUT2D eigenvalue weighted by Crippen LogP contribution is 2.08. The topological polar surface area (TPSA) is 53.2 Å². The van der Waals surface area contributed by atoms with E-state index < -0.39 is 0 Å². The molecule has 0 atom stereocenters. The van der Waals surface area contributed by atoms with Gasteiger partial charge in [0.05, 0.1) is 0 Å². The summed E-state index contributed by atoms with van der Waals surface area (Å²) in [6.45, 7) is 7.96. The minimum atomic E-state index is -0.258. The van der Waals surface area contributed by atoms with Crippen molar-refractivity contribution < 1.29 is 4.79 Å². The van der Waals surface area contributed by atoms with Crippen molar-refractivity contribution in [1.82, 2.24) is 16.2 Å². The number of carbonyl (C=O) groups excluding carboxylic acids is 1. The van der Waals surface area contributed by atoms with Crippen LogP contribution < -0.4 is 16.2 Å². The molecule has 5 heteroatoms. The third-order valence-corrected chi connectivity index (χ3v) is 2.59. The van der Waals surface area contributed by atoms with Gasteiger partial charge >= 0.3 is 0 Å². The van der Waals surface area contributed by atoms with Crippen LogP contribution in [0.25, 0.3) is 6.08 Å². The van der Waals surface area contributed by atoms with Crippen LogP contribution in [0.2, 0.25) is 0 Å². The van der Waals surface area contributed by atoms with E-state index in [1.807, 2.05) is 52.0 Å². The van der Waals surface area contributed by atoms with Gasteiger partial charge in [-0.05, 0) is 57.1 Å². The molecule has 0 fully saturated rings. The molecule has 1 rings (SSSR count). The molecule has 0 saturated carbocycles. The predicted molar refractivity (Wildman–Crippen MR) is 87.0 cm³/mol. The SMILES string of the molecule is Cc1ccccc1/C=C/C(=O)NNC(=S)NC(C)(C)C. The fourth-order valence-corrected chi connectivity index (χ4v) is 1.83. The van der Waals surface area contributed by atoms with Crippen LogP contribution >= 0.6 is 12.2 Å². The number of hydrazine groups is 1. The number of thiocarbonyl (C=S) groups is 1. The number of benzene rings is 1. The van der Waals surface area contributed by atoms with Crippen LogP contribution in [-0.4, -0.2) is 16.6 Å². The van der Waals surface area contributed by atoms with Gasteiger partial charge in [0.1, 0.15) is 0 Å². The molecule has 0 unspecified atom stereocenters. The summed E-state index contributed by atoms with van der Waals surface area (Å²) >= 11 is 5.06. The van der Waals surface area contributed by atoms with Crippen molar-refractivity contribution in [1.29, 1.82) is 0 Å². The number of rotatable bonds is 2. The molecular formula is C15H21N3OS. The summed E-state index contributed by atoms with van der Waals surface area (Å²) in [5, 5.41) is 3.42. The molecule has 0 aliphatic carbocycles. The van der Waals surface area contributed by atoms with Crippen molar-refractivity contribution in [3.63, 3.8) is 0 Å². The third-order valence-electron chi connectivity index (χ3n) is 2.39. The number of carbonyl (C=O) groups is 1. The Morgan fingerprint density at radius 1 is 1.20 bits per heavy atom.